The third kappa shape index (κ3) is 1.93. The molecule has 2 N–H and O–H groups in total. The summed E-state index contributed by atoms with van der Waals surface area (Å²) in [5.74, 6) is 1.87. The highest BCUT2D eigenvalue weighted by Crippen LogP contribution is 2.40. The van der Waals surface area contributed by atoms with Gasteiger partial charge in [0.25, 0.3) is 0 Å². The van der Waals surface area contributed by atoms with Crippen molar-refractivity contribution in [1.82, 2.24) is 14.5 Å². The number of aromatic nitrogens is 3. The zero-order valence-corrected chi connectivity index (χ0v) is 10.2. The molecule has 0 aromatic carbocycles. The van der Waals surface area contributed by atoms with Crippen LogP contribution >= 0.6 is 0 Å². The van der Waals surface area contributed by atoms with E-state index in [-0.39, 0.29) is 0 Å². The van der Waals surface area contributed by atoms with Crippen LogP contribution < -0.4 is 5.73 Å². The third-order valence-electron chi connectivity index (χ3n) is 3.28. The number of aryl methyl sites for hydroxylation is 2. The van der Waals surface area contributed by atoms with Gasteiger partial charge in [0, 0.05) is 18.7 Å². The molecule has 3 rings (SSSR count). The first kappa shape index (κ1) is 10.7. The highest BCUT2D eigenvalue weighted by atomic mass is 15.1. The van der Waals surface area contributed by atoms with Gasteiger partial charge in [-0.15, -0.1) is 0 Å². The van der Waals surface area contributed by atoms with Gasteiger partial charge < -0.3 is 10.3 Å². The summed E-state index contributed by atoms with van der Waals surface area (Å²) in [7, 11) is 0. The zero-order chi connectivity index (χ0) is 11.8. The summed E-state index contributed by atoms with van der Waals surface area (Å²) in [6, 6.07) is 2.12. The van der Waals surface area contributed by atoms with Crippen molar-refractivity contribution in [3.8, 4) is 0 Å². The maximum absolute atomic E-state index is 5.60. The van der Waals surface area contributed by atoms with E-state index in [1.807, 2.05) is 6.20 Å². The molecule has 0 spiro atoms. The molecule has 0 amide bonds. The number of hydrogen-bond donors (Lipinski definition) is 1. The predicted octanol–water partition coefficient (Wildman–Crippen LogP) is 1.97. The molecule has 1 fully saturated rings. The van der Waals surface area contributed by atoms with Crippen LogP contribution in [0, 0.1) is 6.92 Å². The van der Waals surface area contributed by atoms with Crippen molar-refractivity contribution in [2.45, 2.75) is 38.6 Å². The minimum absolute atomic E-state index is 0.655. The number of nitrogens with two attached hydrogens (primary N) is 1. The second-order valence-corrected chi connectivity index (χ2v) is 4.89. The quantitative estimate of drug-likeness (QED) is 0.873. The standard InChI is InChI=1S/C13H18N4/c1-9-7-11-13(15-8-9)17(6-2-5-14)12(16-11)10-3-4-10/h7-8,10H,2-6,14H2,1H3. The van der Waals surface area contributed by atoms with Crippen LogP contribution in [-0.4, -0.2) is 21.1 Å². The van der Waals surface area contributed by atoms with Crippen molar-refractivity contribution >= 4 is 11.2 Å². The number of imidazole rings is 1. The third-order valence-corrected chi connectivity index (χ3v) is 3.28. The van der Waals surface area contributed by atoms with Gasteiger partial charge in [0.05, 0.1) is 0 Å². The molecular weight excluding hydrogens is 212 g/mol. The number of rotatable bonds is 4. The minimum Gasteiger partial charge on any atom is -0.330 e. The number of hydrogen-bond acceptors (Lipinski definition) is 3. The highest BCUT2D eigenvalue weighted by Gasteiger charge is 2.29. The first-order chi connectivity index (χ1) is 8.29. The first-order valence-corrected chi connectivity index (χ1v) is 6.32. The average Bonchev–Trinajstić information content (AvgIpc) is 3.09. The minimum atomic E-state index is 0.655. The Kier molecular flexibility index (Phi) is 2.59. The van der Waals surface area contributed by atoms with Gasteiger partial charge in [-0.05, 0) is 44.4 Å². The van der Waals surface area contributed by atoms with Crippen LogP contribution in [0.2, 0.25) is 0 Å². The molecule has 2 aromatic heterocycles. The Balaban J connectivity index is 2.09. The molecule has 1 aliphatic carbocycles. The summed E-state index contributed by atoms with van der Waals surface area (Å²) in [5.41, 5.74) is 8.82. The molecule has 1 saturated carbocycles. The normalized spacial score (nSPS) is 15.6. The second kappa shape index (κ2) is 4.11. The first-order valence-electron chi connectivity index (χ1n) is 6.32. The van der Waals surface area contributed by atoms with Gasteiger partial charge in [0.15, 0.2) is 5.65 Å². The highest BCUT2D eigenvalue weighted by molar-refractivity contribution is 5.72. The summed E-state index contributed by atoms with van der Waals surface area (Å²) >= 11 is 0. The van der Waals surface area contributed by atoms with Gasteiger partial charge in [0.2, 0.25) is 0 Å². The number of pyridine rings is 1. The Labute approximate surface area is 101 Å². The lowest BCUT2D eigenvalue weighted by atomic mass is 10.3. The Morgan fingerprint density at radius 1 is 1.47 bits per heavy atom. The van der Waals surface area contributed by atoms with E-state index in [1.165, 1.54) is 24.2 Å². The van der Waals surface area contributed by atoms with Crippen molar-refractivity contribution < 1.29 is 0 Å². The zero-order valence-electron chi connectivity index (χ0n) is 10.2. The van der Waals surface area contributed by atoms with Gasteiger partial charge in [-0.3, -0.25) is 0 Å². The van der Waals surface area contributed by atoms with Crippen LogP contribution in [0.25, 0.3) is 11.2 Å². The lowest BCUT2D eigenvalue weighted by Crippen LogP contribution is -2.08. The predicted molar refractivity (Wildman–Crippen MR) is 67.9 cm³/mol. The molecule has 0 radical (unpaired) electrons. The molecule has 0 bridgehead atoms. The van der Waals surface area contributed by atoms with Crippen LogP contribution in [0.1, 0.15) is 36.6 Å². The van der Waals surface area contributed by atoms with Gasteiger partial charge >= 0.3 is 0 Å². The number of nitrogens with zero attached hydrogens (tertiary/aromatic N) is 3. The van der Waals surface area contributed by atoms with E-state index in [0.717, 1.165) is 30.7 Å². The van der Waals surface area contributed by atoms with Gasteiger partial charge in [0.1, 0.15) is 11.3 Å². The molecule has 0 atom stereocenters. The van der Waals surface area contributed by atoms with Gasteiger partial charge in [-0.1, -0.05) is 0 Å². The van der Waals surface area contributed by atoms with Crippen molar-refractivity contribution in [2.75, 3.05) is 6.54 Å². The average molecular weight is 230 g/mol. The van der Waals surface area contributed by atoms with E-state index in [4.69, 9.17) is 10.7 Å². The van der Waals surface area contributed by atoms with E-state index in [0.29, 0.717) is 5.92 Å². The second-order valence-electron chi connectivity index (χ2n) is 4.89. The Hall–Kier alpha value is -1.42. The van der Waals surface area contributed by atoms with Crippen LogP contribution in [-0.2, 0) is 6.54 Å². The van der Waals surface area contributed by atoms with Crippen LogP contribution in [0.4, 0.5) is 0 Å². The lowest BCUT2D eigenvalue weighted by Gasteiger charge is -2.06. The van der Waals surface area contributed by atoms with Crippen LogP contribution in [0.5, 0.6) is 0 Å². The van der Waals surface area contributed by atoms with Crippen molar-refractivity contribution in [1.29, 1.82) is 0 Å². The molecule has 90 valence electrons. The van der Waals surface area contributed by atoms with E-state index >= 15 is 0 Å². The van der Waals surface area contributed by atoms with Crippen LogP contribution in [0.3, 0.4) is 0 Å². The molecule has 0 unspecified atom stereocenters. The molecule has 0 saturated heterocycles. The fraction of sp³-hybridized carbons (Fsp3) is 0.538. The fourth-order valence-electron chi connectivity index (χ4n) is 2.25. The van der Waals surface area contributed by atoms with Crippen LogP contribution in [0.15, 0.2) is 12.3 Å². The van der Waals surface area contributed by atoms with Crippen molar-refractivity contribution in [3.05, 3.63) is 23.7 Å². The molecule has 4 nitrogen and oxygen atoms in total. The Bertz CT molecular complexity index is 540. The summed E-state index contributed by atoms with van der Waals surface area (Å²) in [4.78, 5) is 9.27. The smallest absolute Gasteiger partial charge is 0.160 e. The van der Waals surface area contributed by atoms with Crippen molar-refractivity contribution in [3.63, 3.8) is 0 Å². The van der Waals surface area contributed by atoms with E-state index in [1.54, 1.807) is 0 Å². The summed E-state index contributed by atoms with van der Waals surface area (Å²) in [6.45, 7) is 3.71. The summed E-state index contributed by atoms with van der Waals surface area (Å²) in [6.07, 6.45) is 5.44. The SMILES string of the molecule is Cc1cnc2c(c1)nc(C1CC1)n2CCCN. The molecule has 4 heteroatoms. The molecule has 2 heterocycles. The van der Waals surface area contributed by atoms with E-state index < -0.39 is 0 Å². The summed E-state index contributed by atoms with van der Waals surface area (Å²) < 4.78 is 2.26. The molecule has 2 aromatic rings. The van der Waals surface area contributed by atoms with E-state index in [9.17, 15) is 0 Å². The Morgan fingerprint density at radius 3 is 3.00 bits per heavy atom. The largest absolute Gasteiger partial charge is 0.330 e. The Morgan fingerprint density at radius 2 is 2.29 bits per heavy atom. The maximum atomic E-state index is 5.60. The van der Waals surface area contributed by atoms with Gasteiger partial charge in [-0.2, -0.15) is 0 Å². The van der Waals surface area contributed by atoms with Gasteiger partial charge in [-0.25, -0.2) is 9.97 Å². The van der Waals surface area contributed by atoms with Crippen molar-refractivity contribution in [2.24, 2.45) is 5.73 Å². The van der Waals surface area contributed by atoms with E-state index in [2.05, 4.69) is 22.5 Å². The number of fused-ring (bicyclic) bond motifs is 1. The molecule has 17 heavy (non-hydrogen) atoms. The maximum Gasteiger partial charge on any atom is 0.160 e. The summed E-state index contributed by atoms with van der Waals surface area (Å²) in [5, 5.41) is 0. The lowest BCUT2D eigenvalue weighted by molar-refractivity contribution is 0.629. The topological polar surface area (TPSA) is 56.7 Å². The molecule has 1 aliphatic rings. The molecular formula is C13H18N4. The molecule has 0 aliphatic heterocycles. The fourth-order valence-corrected chi connectivity index (χ4v) is 2.25. The monoisotopic (exact) mass is 230 g/mol.